The molecule has 1 fully saturated rings. The summed E-state index contributed by atoms with van der Waals surface area (Å²) >= 11 is 0. The van der Waals surface area contributed by atoms with Crippen LogP contribution in [0.5, 0.6) is 0 Å². The molecule has 54 valence electrons. The summed E-state index contributed by atoms with van der Waals surface area (Å²) in [6.45, 7) is 3.24. The second kappa shape index (κ2) is 3.82. The molecule has 1 rings (SSSR count). The highest BCUT2D eigenvalue weighted by molar-refractivity contribution is 4.71. The lowest BCUT2D eigenvalue weighted by Crippen LogP contribution is -2.38. The van der Waals surface area contributed by atoms with Crippen LogP contribution in [0.2, 0.25) is 0 Å². The van der Waals surface area contributed by atoms with Crippen LogP contribution in [-0.2, 0) is 0 Å². The van der Waals surface area contributed by atoms with Gasteiger partial charge in [-0.25, -0.2) is 0 Å². The lowest BCUT2D eigenvalue weighted by atomic mass is 10.3. The van der Waals surface area contributed by atoms with E-state index in [0.29, 0.717) is 0 Å². The average molecular weight is 130 g/mol. The number of aliphatic hydroxyl groups excluding tert-OH is 1. The van der Waals surface area contributed by atoms with Gasteiger partial charge in [0, 0.05) is 12.6 Å². The van der Waals surface area contributed by atoms with Gasteiger partial charge < -0.3 is 15.7 Å². The van der Waals surface area contributed by atoms with Gasteiger partial charge in [0.1, 0.15) is 0 Å². The fourth-order valence-electron chi connectivity index (χ4n) is 0.997. The van der Waals surface area contributed by atoms with Crippen molar-refractivity contribution in [2.45, 2.75) is 12.5 Å². The molecule has 1 heterocycles. The van der Waals surface area contributed by atoms with E-state index in [-0.39, 0.29) is 12.6 Å². The number of hydrogen-bond donors (Lipinski definition) is 3. The lowest BCUT2D eigenvalue weighted by molar-refractivity contribution is 0.245. The molecule has 0 aromatic heterocycles. The van der Waals surface area contributed by atoms with Gasteiger partial charge in [-0.05, 0) is 19.5 Å². The molecular weight excluding hydrogens is 116 g/mol. The third-order valence-corrected chi connectivity index (χ3v) is 1.57. The summed E-state index contributed by atoms with van der Waals surface area (Å²) in [5, 5.41) is 15.2. The summed E-state index contributed by atoms with van der Waals surface area (Å²) < 4.78 is 0. The van der Waals surface area contributed by atoms with Crippen LogP contribution in [0.4, 0.5) is 0 Å². The zero-order valence-electron chi connectivity index (χ0n) is 5.56. The van der Waals surface area contributed by atoms with Gasteiger partial charge in [-0.1, -0.05) is 0 Å². The Hall–Kier alpha value is -0.120. The first-order valence-electron chi connectivity index (χ1n) is 3.48. The van der Waals surface area contributed by atoms with Crippen molar-refractivity contribution in [3.05, 3.63) is 0 Å². The first-order chi connectivity index (χ1) is 4.43. The lowest BCUT2D eigenvalue weighted by Gasteiger charge is -2.10. The molecule has 3 N–H and O–H groups in total. The van der Waals surface area contributed by atoms with E-state index >= 15 is 0 Å². The van der Waals surface area contributed by atoms with Crippen LogP contribution < -0.4 is 10.6 Å². The second-order valence-electron chi connectivity index (χ2n) is 2.39. The standard InChI is InChI=1S/C6H14N2O/c9-5-6-4-7-2-1-3-8-6/h6-9H,1-5H2/t6-/m1/s1. The highest BCUT2D eigenvalue weighted by atomic mass is 16.3. The van der Waals surface area contributed by atoms with Crippen molar-refractivity contribution in [2.24, 2.45) is 0 Å². The van der Waals surface area contributed by atoms with E-state index < -0.39 is 0 Å². The van der Waals surface area contributed by atoms with Crippen LogP contribution in [-0.4, -0.2) is 37.4 Å². The minimum absolute atomic E-state index is 0.243. The fourth-order valence-corrected chi connectivity index (χ4v) is 0.997. The highest BCUT2D eigenvalue weighted by Crippen LogP contribution is 1.86. The van der Waals surface area contributed by atoms with Gasteiger partial charge in [-0.15, -0.1) is 0 Å². The number of aliphatic hydroxyl groups is 1. The van der Waals surface area contributed by atoms with E-state index in [1.807, 2.05) is 0 Å². The van der Waals surface area contributed by atoms with Crippen molar-refractivity contribution in [1.82, 2.24) is 10.6 Å². The third kappa shape index (κ3) is 2.30. The minimum atomic E-state index is 0.243. The van der Waals surface area contributed by atoms with Crippen molar-refractivity contribution in [1.29, 1.82) is 0 Å². The summed E-state index contributed by atoms with van der Waals surface area (Å²) in [6.07, 6.45) is 1.16. The molecule has 0 unspecified atom stereocenters. The molecule has 3 heteroatoms. The highest BCUT2D eigenvalue weighted by Gasteiger charge is 2.07. The molecule has 1 aliphatic heterocycles. The molecule has 9 heavy (non-hydrogen) atoms. The Balaban J connectivity index is 2.18. The predicted molar refractivity (Wildman–Crippen MR) is 36.4 cm³/mol. The number of rotatable bonds is 1. The Morgan fingerprint density at radius 3 is 3.11 bits per heavy atom. The number of nitrogens with one attached hydrogen (secondary N) is 2. The Morgan fingerprint density at radius 2 is 2.33 bits per heavy atom. The predicted octanol–water partition coefficient (Wildman–Crippen LogP) is -1.07. The van der Waals surface area contributed by atoms with E-state index in [9.17, 15) is 0 Å². The Labute approximate surface area is 55.5 Å². The van der Waals surface area contributed by atoms with Crippen molar-refractivity contribution >= 4 is 0 Å². The summed E-state index contributed by atoms with van der Waals surface area (Å²) in [6, 6.07) is 0.271. The van der Waals surface area contributed by atoms with E-state index in [1.165, 1.54) is 0 Å². The average Bonchev–Trinajstić information content (AvgIpc) is 2.13. The quantitative estimate of drug-likeness (QED) is 0.423. The Bertz CT molecular complexity index is 69.5. The monoisotopic (exact) mass is 130 g/mol. The molecule has 0 aliphatic carbocycles. The minimum Gasteiger partial charge on any atom is -0.395 e. The molecular formula is C6H14N2O. The normalized spacial score (nSPS) is 29.7. The zero-order chi connectivity index (χ0) is 6.53. The van der Waals surface area contributed by atoms with E-state index in [0.717, 1.165) is 26.1 Å². The summed E-state index contributed by atoms with van der Waals surface area (Å²) in [7, 11) is 0. The smallest absolute Gasteiger partial charge is 0.0597 e. The van der Waals surface area contributed by atoms with Gasteiger partial charge >= 0.3 is 0 Å². The first-order valence-corrected chi connectivity index (χ1v) is 3.48. The molecule has 0 aromatic rings. The van der Waals surface area contributed by atoms with Gasteiger partial charge in [0.15, 0.2) is 0 Å². The zero-order valence-corrected chi connectivity index (χ0v) is 5.56. The summed E-state index contributed by atoms with van der Waals surface area (Å²) in [4.78, 5) is 0. The molecule has 0 aromatic carbocycles. The molecule has 1 aliphatic rings. The Morgan fingerprint density at radius 1 is 1.44 bits per heavy atom. The molecule has 0 saturated carbocycles. The maximum absolute atomic E-state index is 8.71. The van der Waals surface area contributed by atoms with Gasteiger partial charge in [-0.3, -0.25) is 0 Å². The van der Waals surface area contributed by atoms with Gasteiger partial charge in [0.2, 0.25) is 0 Å². The molecule has 0 spiro atoms. The van der Waals surface area contributed by atoms with Gasteiger partial charge in [-0.2, -0.15) is 0 Å². The summed E-state index contributed by atoms with van der Waals surface area (Å²) in [5.41, 5.74) is 0. The maximum atomic E-state index is 8.71. The van der Waals surface area contributed by atoms with Crippen LogP contribution in [0.1, 0.15) is 6.42 Å². The van der Waals surface area contributed by atoms with E-state index in [4.69, 9.17) is 5.11 Å². The van der Waals surface area contributed by atoms with E-state index in [1.54, 1.807) is 0 Å². The van der Waals surface area contributed by atoms with Crippen molar-refractivity contribution < 1.29 is 5.11 Å². The fraction of sp³-hybridized carbons (Fsp3) is 1.00. The summed E-state index contributed by atoms with van der Waals surface area (Å²) in [5.74, 6) is 0. The molecule has 0 bridgehead atoms. The first kappa shape index (κ1) is 6.99. The van der Waals surface area contributed by atoms with Crippen LogP contribution in [0, 0.1) is 0 Å². The van der Waals surface area contributed by atoms with Crippen LogP contribution in [0.25, 0.3) is 0 Å². The van der Waals surface area contributed by atoms with Crippen LogP contribution >= 0.6 is 0 Å². The van der Waals surface area contributed by atoms with Crippen molar-refractivity contribution in [2.75, 3.05) is 26.2 Å². The molecule has 1 atom stereocenters. The van der Waals surface area contributed by atoms with Crippen molar-refractivity contribution in [3.63, 3.8) is 0 Å². The van der Waals surface area contributed by atoms with Crippen LogP contribution in [0.15, 0.2) is 0 Å². The van der Waals surface area contributed by atoms with Gasteiger partial charge in [0.05, 0.1) is 6.61 Å². The second-order valence-corrected chi connectivity index (χ2v) is 2.39. The third-order valence-electron chi connectivity index (χ3n) is 1.57. The number of hydrogen-bond acceptors (Lipinski definition) is 3. The molecule has 0 amide bonds. The SMILES string of the molecule is OC[C@H]1CNCCCN1. The molecule has 1 saturated heterocycles. The Kier molecular flexibility index (Phi) is 2.97. The van der Waals surface area contributed by atoms with Crippen LogP contribution in [0.3, 0.4) is 0 Å². The van der Waals surface area contributed by atoms with Crippen molar-refractivity contribution in [3.8, 4) is 0 Å². The topological polar surface area (TPSA) is 44.3 Å². The molecule has 0 radical (unpaired) electrons. The maximum Gasteiger partial charge on any atom is 0.0597 e. The largest absolute Gasteiger partial charge is 0.395 e. The van der Waals surface area contributed by atoms with Gasteiger partial charge in [0.25, 0.3) is 0 Å². The van der Waals surface area contributed by atoms with E-state index in [2.05, 4.69) is 10.6 Å². The molecule has 3 nitrogen and oxygen atoms in total.